The Hall–Kier alpha value is -3.40. The third-order valence-electron chi connectivity index (χ3n) is 3.36. The zero-order chi connectivity index (χ0) is 19.1. The Labute approximate surface area is 149 Å². The standard InChI is InChI=1S/C19H16F2N2O3/c1-12-4-3-5-15(8-12)23-18(24)14(11-22)9-13-6-7-16(26-19(20)21)17(10-13)25-2/h3-10,19H,1-2H3,(H,23,24). The van der Waals surface area contributed by atoms with Crippen LogP contribution in [0.25, 0.3) is 6.08 Å². The van der Waals surface area contributed by atoms with Crippen LogP contribution in [0.15, 0.2) is 48.0 Å². The first-order valence-electron chi connectivity index (χ1n) is 7.55. The molecule has 0 unspecified atom stereocenters. The average Bonchev–Trinajstić information content (AvgIpc) is 2.60. The third-order valence-corrected chi connectivity index (χ3v) is 3.36. The maximum atomic E-state index is 12.4. The Morgan fingerprint density at radius 3 is 2.62 bits per heavy atom. The number of amides is 1. The van der Waals surface area contributed by atoms with Gasteiger partial charge in [0.15, 0.2) is 11.5 Å². The van der Waals surface area contributed by atoms with E-state index in [1.807, 2.05) is 19.1 Å². The van der Waals surface area contributed by atoms with Crippen molar-refractivity contribution in [3.05, 3.63) is 59.2 Å². The summed E-state index contributed by atoms with van der Waals surface area (Å²) in [4.78, 5) is 12.3. The van der Waals surface area contributed by atoms with Gasteiger partial charge in [0.1, 0.15) is 11.6 Å². The highest BCUT2D eigenvalue weighted by molar-refractivity contribution is 6.09. The molecule has 7 heteroatoms. The highest BCUT2D eigenvalue weighted by atomic mass is 19.3. The van der Waals surface area contributed by atoms with Crippen molar-refractivity contribution in [2.75, 3.05) is 12.4 Å². The van der Waals surface area contributed by atoms with Crippen LogP contribution in [0.3, 0.4) is 0 Å². The lowest BCUT2D eigenvalue weighted by Crippen LogP contribution is -2.13. The van der Waals surface area contributed by atoms with Gasteiger partial charge in [-0.2, -0.15) is 14.0 Å². The molecule has 0 saturated heterocycles. The van der Waals surface area contributed by atoms with Gasteiger partial charge in [-0.05, 0) is 48.4 Å². The quantitative estimate of drug-likeness (QED) is 0.622. The van der Waals surface area contributed by atoms with Crippen LogP contribution in [0.2, 0.25) is 0 Å². The Bertz CT molecular complexity index is 873. The SMILES string of the molecule is COc1cc(C=C(C#N)C(=O)Nc2cccc(C)c2)ccc1OC(F)F. The molecule has 0 aliphatic rings. The lowest BCUT2D eigenvalue weighted by molar-refractivity contribution is -0.112. The van der Waals surface area contributed by atoms with E-state index >= 15 is 0 Å². The molecular formula is C19H16F2N2O3. The van der Waals surface area contributed by atoms with Gasteiger partial charge in [0.05, 0.1) is 7.11 Å². The molecule has 2 aromatic rings. The van der Waals surface area contributed by atoms with E-state index in [0.29, 0.717) is 11.3 Å². The number of hydrogen-bond donors (Lipinski definition) is 1. The first-order valence-corrected chi connectivity index (χ1v) is 7.55. The number of hydrogen-bond acceptors (Lipinski definition) is 4. The largest absolute Gasteiger partial charge is 0.493 e. The Morgan fingerprint density at radius 1 is 1.23 bits per heavy atom. The highest BCUT2D eigenvalue weighted by Gasteiger charge is 2.13. The van der Waals surface area contributed by atoms with Crippen LogP contribution in [0.4, 0.5) is 14.5 Å². The average molecular weight is 358 g/mol. The van der Waals surface area contributed by atoms with Gasteiger partial charge in [0, 0.05) is 5.69 Å². The molecule has 0 radical (unpaired) electrons. The van der Waals surface area contributed by atoms with Crippen molar-refractivity contribution in [2.45, 2.75) is 13.5 Å². The minimum Gasteiger partial charge on any atom is -0.493 e. The topological polar surface area (TPSA) is 71.3 Å². The number of methoxy groups -OCH3 is 1. The fourth-order valence-electron chi connectivity index (χ4n) is 2.20. The molecule has 26 heavy (non-hydrogen) atoms. The molecule has 0 atom stereocenters. The third kappa shape index (κ3) is 5.05. The van der Waals surface area contributed by atoms with Gasteiger partial charge >= 0.3 is 6.61 Å². The Morgan fingerprint density at radius 2 is 2.00 bits per heavy atom. The van der Waals surface area contributed by atoms with E-state index in [1.54, 1.807) is 18.2 Å². The molecule has 0 saturated carbocycles. The maximum Gasteiger partial charge on any atom is 0.387 e. The number of benzene rings is 2. The number of halogens is 2. The van der Waals surface area contributed by atoms with Gasteiger partial charge in [0.2, 0.25) is 0 Å². The van der Waals surface area contributed by atoms with Gasteiger partial charge in [-0.3, -0.25) is 4.79 Å². The number of nitriles is 1. The molecule has 2 aromatic carbocycles. The second kappa shape index (κ2) is 8.62. The summed E-state index contributed by atoms with van der Waals surface area (Å²) < 4.78 is 34.1. The number of alkyl halides is 2. The molecule has 2 rings (SSSR count). The predicted octanol–water partition coefficient (Wildman–Crippen LogP) is 4.15. The highest BCUT2D eigenvalue weighted by Crippen LogP contribution is 2.30. The number of carbonyl (C=O) groups excluding carboxylic acids is 1. The molecule has 1 N–H and O–H groups in total. The summed E-state index contributed by atoms with van der Waals surface area (Å²) in [6.07, 6.45) is 1.33. The van der Waals surface area contributed by atoms with Crippen molar-refractivity contribution >= 4 is 17.7 Å². The van der Waals surface area contributed by atoms with Crippen molar-refractivity contribution in [3.63, 3.8) is 0 Å². The molecular weight excluding hydrogens is 342 g/mol. The van der Waals surface area contributed by atoms with Crippen LogP contribution in [0.5, 0.6) is 11.5 Å². The van der Waals surface area contributed by atoms with E-state index in [-0.39, 0.29) is 17.1 Å². The predicted molar refractivity (Wildman–Crippen MR) is 93.0 cm³/mol. The van der Waals surface area contributed by atoms with Gasteiger partial charge in [-0.25, -0.2) is 0 Å². The molecule has 0 spiro atoms. The Balaban J connectivity index is 2.24. The van der Waals surface area contributed by atoms with Crippen molar-refractivity contribution < 1.29 is 23.0 Å². The summed E-state index contributed by atoms with van der Waals surface area (Å²) in [5.74, 6) is -0.650. The van der Waals surface area contributed by atoms with E-state index in [2.05, 4.69) is 10.1 Å². The van der Waals surface area contributed by atoms with E-state index in [9.17, 15) is 18.8 Å². The van der Waals surface area contributed by atoms with Crippen LogP contribution in [-0.4, -0.2) is 19.6 Å². The monoisotopic (exact) mass is 358 g/mol. The molecule has 134 valence electrons. The lowest BCUT2D eigenvalue weighted by Gasteiger charge is -2.10. The van der Waals surface area contributed by atoms with Gasteiger partial charge < -0.3 is 14.8 Å². The van der Waals surface area contributed by atoms with Crippen LogP contribution >= 0.6 is 0 Å². The second-order valence-electron chi connectivity index (χ2n) is 5.28. The zero-order valence-electron chi connectivity index (χ0n) is 14.1. The van der Waals surface area contributed by atoms with Crippen LogP contribution in [0.1, 0.15) is 11.1 Å². The van der Waals surface area contributed by atoms with Crippen LogP contribution < -0.4 is 14.8 Å². The van der Waals surface area contributed by atoms with Gasteiger partial charge in [-0.1, -0.05) is 18.2 Å². The molecule has 1 amide bonds. The number of nitrogens with one attached hydrogen (secondary N) is 1. The van der Waals surface area contributed by atoms with E-state index < -0.39 is 12.5 Å². The van der Waals surface area contributed by atoms with Crippen LogP contribution in [-0.2, 0) is 4.79 Å². The first kappa shape index (κ1) is 18.9. The molecule has 5 nitrogen and oxygen atoms in total. The fraction of sp³-hybridized carbons (Fsp3) is 0.158. The van der Waals surface area contributed by atoms with E-state index in [1.165, 1.54) is 31.4 Å². The van der Waals surface area contributed by atoms with E-state index in [0.717, 1.165) is 5.56 Å². The normalized spacial score (nSPS) is 11.0. The first-order chi connectivity index (χ1) is 12.4. The molecule has 0 aliphatic carbocycles. The second-order valence-corrected chi connectivity index (χ2v) is 5.28. The molecule has 0 fully saturated rings. The minimum absolute atomic E-state index is 0.0652. The number of aryl methyl sites for hydroxylation is 1. The van der Waals surface area contributed by atoms with Crippen molar-refractivity contribution in [3.8, 4) is 17.6 Å². The molecule has 0 aromatic heterocycles. The number of rotatable bonds is 6. The summed E-state index contributed by atoms with van der Waals surface area (Å²) in [5, 5.41) is 11.9. The van der Waals surface area contributed by atoms with Gasteiger partial charge in [0.25, 0.3) is 5.91 Å². The summed E-state index contributed by atoms with van der Waals surface area (Å²) in [6, 6.07) is 13.1. The maximum absolute atomic E-state index is 12.4. The summed E-state index contributed by atoms with van der Waals surface area (Å²) in [6.45, 7) is -1.11. The number of anilines is 1. The smallest absolute Gasteiger partial charge is 0.387 e. The zero-order valence-corrected chi connectivity index (χ0v) is 14.1. The fourth-order valence-corrected chi connectivity index (χ4v) is 2.20. The van der Waals surface area contributed by atoms with Crippen molar-refractivity contribution in [1.29, 1.82) is 5.26 Å². The number of carbonyl (C=O) groups is 1. The summed E-state index contributed by atoms with van der Waals surface area (Å²) >= 11 is 0. The van der Waals surface area contributed by atoms with Gasteiger partial charge in [-0.15, -0.1) is 0 Å². The van der Waals surface area contributed by atoms with Crippen molar-refractivity contribution in [1.82, 2.24) is 0 Å². The Kier molecular flexibility index (Phi) is 6.28. The molecule has 0 heterocycles. The van der Waals surface area contributed by atoms with Crippen molar-refractivity contribution in [2.24, 2.45) is 0 Å². The minimum atomic E-state index is -2.99. The summed E-state index contributed by atoms with van der Waals surface area (Å²) in [7, 11) is 1.30. The number of ether oxygens (including phenoxy) is 2. The molecule has 0 aliphatic heterocycles. The summed E-state index contributed by atoms with van der Waals surface area (Å²) in [5.41, 5.74) is 1.81. The number of nitrogens with zero attached hydrogens (tertiary/aromatic N) is 1. The molecule has 0 bridgehead atoms. The van der Waals surface area contributed by atoms with E-state index in [4.69, 9.17) is 4.74 Å². The lowest BCUT2D eigenvalue weighted by atomic mass is 10.1. The van der Waals surface area contributed by atoms with Crippen LogP contribution in [0, 0.1) is 18.3 Å².